The Bertz CT molecular complexity index is 847. The van der Waals surface area contributed by atoms with E-state index in [-0.39, 0.29) is 11.6 Å². The van der Waals surface area contributed by atoms with Crippen molar-refractivity contribution in [3.63, 3.8) is 0 Å². The van der Waals surface area contributed by atoms with Gasteiger partial charge in [-0.05, 0) is 54.7 Å². The number of halogens is 1. The smallest absolute Gasteiger partial charge is 0.284 e. The largest absolute Gasteiger partial charge is 0.338 e. The molecule has 0 bridgehead atoms. The number of carbonyl (C=O) groups excluding carboxylic acids is 1. The van der Waals surface area contributed by atoms with E-state index >= 15 is 0 Å². The summed E-state index contributed by atoms with van der Waals surface area (Å²) in [6.07, 6.45) is 1.10. The second-order valence-electron chi connectivity index (χ2n) is 7.15. The van der Waals surface area contributed by atoms with Gasteiger partial charge in [-0.1, -0.05) is 41.5 Å². The summed E-state index contributed by atoms with van der Waals surface area (Å²) < 4.78 is 0.951. The van der Waals surface area contributed by atoms with Crippen LogP contribution >= 0.6 is 27.7 Å². The molecule has 0 radical (unpaired) electrons. The number of amides is 1. The third-order valence-electron chi connectivity index (χ3n) is 4.60. The van der Waals surface area contributed by atoms with Crippen molar-refractivity contribution in [1.82, 2.24) is 4.90 Å². The number of hydrogen-bond donors (Lipinski definition) is 0. The molecule has 1 aliphatic heterocycles. The van der Waals surface area contributed by atoms with Crippen LogP contribution in [0.4, 0.5) is 5.69 Å². The maximum Gasteiger partial charge on any atom is 0.284 e. The van der Waals surface area contributed by atoms with E-state index in [0.29, 0.717) is 35.4 Å². The molecule has 3 rings (SSSR count). The van der Waals surface area contributed by atoms with Crippen molar-refractivity contribution < 1.29 is 9.72 Å². The molecule has 5 nitrogen and oxygen atoms in total. The second kappa shape index (κ2) is 8.44. The van der Waals surface area contributed by atoms with Gasteiger partial charge in [0.1, 0.15) is 0 Å². The number of carbonyl (C=O) groups is 1. The summed E-state index contributed by atoms with van der Waals surface area (Å²) in [6, 6.07) is 12.4. The van der Waals surface area contributed by atoms with Crippen LogP contribution in [0.15, 0.2) is 56.7 Å². The standard InChI is InChI=1S/C20H21BrN2O3S/c1-13-9-14(2)12-22(11-13)20(24)15-3-8-19(18(10-15)23(25)26)27-17-6-4-16(21)5-7-17/h3-8,10,13-14H,9,11-12H2,1-2H3/t13-,14+. The molecule has 0 unspecified atom stereocenters. The minimum atomic E-state index is -0.417. The Hall–Kier alpha value is -1.86. The number of benzene rings is 2. The number of nitro groups is 1. The topological polar surface area (TPSA) is 63.5 Å². The molecule has 1 amide bonds. The highest BCUT2D eigenvalue weighted by molar-refractivity contribution is 9.10. The van der Waals surface area contributed by atoms with Gasteiger partial charge in [-0.2, -0.15) is 0 Å². The molecule has 1 fully saturated rings. The SMILES string of the molecule is C[C@@H]1C[C@H](C)CN(C(=O)c2ccc(Sc3ccc(Br)cc3)c([N+](=O)[O-])c2)C1. The van der Waals surface area contributed by atoms with Gasteiger partial charge in [0.25, 0.3) is 11.6 Å². The van der Waals surface area contributed by atoms with Crippen LogP contribution in [0.5, 0.6) is 0 Å². The fourth-order valence-electron chi connectivity index (χ4n) is 3.52. The number of nitrogens with zero attached hydrogens (tertiary/aromatic N) is 2. The van der Waals surface area contributed by atoms with Gasteiger partial charge in [0, 0.05) is 34.1 Å². The number of nitro benzene ring substituents is 1. The highest BCUT2D eigenvalue weighted by Crippen LogP contribution is 2.36. The normalized spacial score (nSPS) is 19.7. The third kappa shape index (κ3) is 4.90. The zero-order valence-electron chi connectivity index (χ0n) is 15.2. The first kappa shape index (κ1) is 19.9. The monoisotopic (exact) mass is 448 g/mol. The molecule has 1 saturated heterocycles. The first-order chi connectivity index (χ1) is 12.8. The maximum atomic E-state index is 12.9. The predicted octanol–water partition coefficient (Wildman–Crippen LogP) is 5.63. The molecule has 0 N–H and O–H groups in total. The van der Waals surface area contributed by atoms with Crippen molar-refractivity contribution in [1.29, 1.82) is 0 Å². The van der Waals surface area contributed by atoms with E-state index in [1.54, 1.807) is 12.1 Å². The lowest BCUT2D eigenvalue weighted by atomic mass is 9.91. The molecule has 0 saturated carbocycles. The van der Waals surface area contributed by atoms with Crippen LogP contribution in [0.1, 0.15) is 30.6 Å². The summed E-state index contributed by atoms with van der Waals surface area (Å²) in [6.45, 7) is 5.67. The van der Waals surface area contributed by atoms with Gasteiger partial charge in [0.2, 0.25) is 0 Å². The quantitative estimate of drug-likeness (QED) is 0.449. The van der Waals surface area contributed by atoms with Gasteiger partial charge >= 0.3 is 0 Å². The number of likely N-dealkylation sites (tertiary alicyclic amines) is 1. The van der Waals surface area contributed by atoms with Crippen LogP contribution in [0.25, 0.3) is 0 Å². The van der Waals surface area contributed by atoms with E-state index < -0.39 is 4.92 Å². The van der Waals surface area contributed by atoms with Crippen LogP contribution < -0.4 is 0 Å². The summed E-state index contributed by atoms with van der Waals surface area (Å²) in [7, 11) is 0. The molecular formula is C20H21BrN2O3S. The molecule has 0 aromatic heterocycles. The van der Waals surface area contributed by atoms with Crippen molar-refractivity contribution in [3.05, 3.63) is 62.6 Å². The highest BCUT2D eigenvalue weighted by Gasteiger charge is 2.27. The van der Waals surface area contributed by atoms with E-state index in [1.807, 2.05) is 29.2 Å². The first-order valence-corrected chi connectivity index (χ1v) is 10.5. The molecule has 7 heteroatoms. The van der Waals surface area contributed by atoms with Gasteiger partial charge in [0.15, 0.2) is 0 Å². The summed E-state index contributed by atoms with van der Waals surface area (Å²) in [5.41, 5.74) is 0.343. The van der Waals surface area contributed by atoms with Crippen molar-refractivity contribution in [2.75, 3.05) is 13.1 Å². The van der Waals surface area contributed by atoms with Crippen LogP contribution in [-0.4, -0.2) is 28.8 Å². The lowest BCUT2D eigenvalue weighted by molar-refractivity contribution is -0.387. The molecule has 2 aromatic rings. The Morgan fingerprint density at radius 3 is 2.37 bits per heavy atom. The van der Waals surface area contributed by atoms with E-state index in [2.05, 4.69) is 29.8 Å². The number of hydrogen-bond acceptors (Lipinski definition) is 4. The van der Waals surface area contributed by atoms with Crippen LogP contribution in [0, 0.1) is 22.0 Å². The Labute approximate surface area is 171 Å². The van der Waals surface area contributed by atoms with Crippen LogP contribution in [0.2, 0.25) is 0 Å². The molecule has 2 aromatic carbocycles. The van der Waals surface area contributed by atoms with E-state index in [0.717, 1.165) is 15.8 Å². The van der Waals surface area contributed by atoms with Gasteiger partial charge < -0.3 is 4.90 Å². The third-order valence-corrected chi connectivity index (χ3v) is 6.20. The Kier molecular flexibility index (Phi) is 6.22. The Morgan fingerprint density at radius 2 is 1.78 bits per heavy atom. The Balaban J connectivity index is 1.85. The van der Waals surface area contributed by atoms with Gasteiger partial charge in [-0.15, -0.1) is 0 Å². The van der Waals surface area contributed by atoms with Gasteiger partial charge in [-0.25, -0.2) is 0 Å². The predicted molar refractivity (Wildman–Crippen MR) is 110 cm³/mol. The molecule has 0 spiro atoms. The summed E-state index contributed by atoms with van der Waals surface area (Å²) >= 11 is 4.70. The van der Waals surface area contributed by atoms with Gasteiger partial charge in [-0.3, -0.25) is 14.9 Å². The maximum absolute atomic E-state index is 12.9. The molecule has 142 valence electrons. The molecule has 27 heavy (non-hydrogen) atoms. The first-order valence-electron chi connectivity index (χ1n) is 8.84. The number of rotatable bonds is 4. The molecule has 0 aliphatic carbocycles. The highest BCUT2D eigenvalue weighted by atomic mass is 79.9. The van der Waals surface area contributed by atoms with Crippen molar-refractivity contribution >= 4 is 39.3 Å². The van der Waals surface area contributed by atoms with E-state index in [9.17, 15) is 14.9 Å². The average Bonchev–Trinajstić information content (AvgIpc) is 2.62. The van der Waals surface area contributed by atoms with Crippen LogP contribution in [0.3, 0.4) is 0 Å². The molecule has 1 heterocycles. The number of piperidine rings is 1. The fourth-order valence-corrected chi connectivity index (χ4v) is 4.68. The van der Waals surface area contributed by atoms with Gasteiger partial charge in [0.05, 0.1) is 9.82 Å². The molecular weight excluding hydrogens is 428 g/mol. The summed E-state index contributed by atoms with van der Waals surface area (Å²) in [5, 5.41) is 11.6. The Morgan fingerprint density at radius 1 is 1.15 bits per heavy atom. The average molecular weight is 449 g/mol. The second-order valence-corrected chi connectivity index (χ2v) is 9.18. The lowest BCUT2D eigenvalue weighted by Gasteiger charge is -2.35. The molecule has 1 aliphatic rings. The zero-order valence-corrected chi connectivity index (χ0v) is 17.6. The van der Waals surface area contributed by atoms with Crippen molar-refractivity contribution in [2.24, 2.45) is 11.8 Å². The van der Waals surface area contributed by atoms with Crippen molar-refractivity contribution in [2.45, 2.75) is 30.1 Å². The zero-order chi connectivity index (χ0) is 19.6. The fraction of sp³-hybridized carbons (Fsp3) is 0.350. The summed E-state index contributed by atoms with van der Waals surface area (Å²) in [4.78, 5) is 27.3. The van der Waals surface area contributed by atoms with E-state index in [4.69, 9.17) is 0 Å². The molecule has 2 atom stereocenters. The lowest BCUT2D eigenvalue weighted by Crippen LogP contribution is -2.42. The minimum Gasteiger partial charge on any atom is -0.338 e. The summed E-state index contributed by atoms with van der Waals surface area (Å²) in [5.74, 6) is 0.761. The van der Waals surface area contributed by atoms with Crippen molar-refractivity contribution in [3.8, 4) is 0 Å². The minimum absolute atomic E-state index is 0.0353. The van der Waals surface area contributed by atoms with Crippen LogP contribution in [-0.2, 0) is 0 Å². The van der Waals surface area contributed by atoms with E-state index in [1.165, 1.54) is 17.8 Å².